The summed E-state index contributed by atoms with van der Waals surface area (Å²) in [6.07, 6.45) is 4.89. The van der Waals surface area contributed by atoms with E-state index in [2.05, 4.69) is 4.98 Å². The van der Waals surface area contributed by atoms with E-state index in [0.717, 1.165) is 11.1 Å². The van der Waals surface area contributed by atoms with Crippen LogP contribution < -0.4 is 19.8 Å². The molecule has 2 aromatic heterocycles. The summed E-state index contributed by atoms with van der Waals surface area (Å²) >= 11 is 0. The number of pyridine rings is 1. The second kappa shape index (κ2) is 13.0. The molecule has 10 heteroatoms. The van der Waals surface area contributed by atoms with Crippen LogP contribution in [0, 0.1) is 0 Å². The molecule has 3 aromatic carbocycles. The van der Waals surface area contributed by atoms with Crippen LogP contribution in [0.5, 0.6) is 17.2 Å². The molecular formula is C35H32N4O6. The molecule has 2 amide bonds. The van der Waals surface area contributed by atoms with Crippen LogP contribution in [0.1, 0.15) is 37.7 Å². The van der Waals surface area contributed by atoms with Gasteiger partial charge in [0, 0.05) is 38.3 Å². The van der Waals surface area contributed by atoms with Crippen molar-refractivity contribution in [3.05, 3.63) is 124 Å². The summed E-state index contributed by atoms with van der Waals surface area (Å²) in [5.41, 5.74) is 3.08. The van der Waals surface area contributed by atoms with Crippen LogP contribution in [0.4, 0.5) is 0 Å². The van der Waals surface area contributed by atoms with Crippen LogP contribution in [0.3, 0.4) is 0 Å². The molecule has 5 aromatic rings. The average molecular weight is 605 g/mol. The predicted molar refractivity (Wildman–Crippen MR) is 168 cm³/mol. The number of rotatable bonds is 12. The van der Waals surface area contributed by atoms with Crippen LogP contribution in [0.2, 0.25) is 0 Å². The highest BCUT2D eigenvalue weighted by Crippen LogP contribution is 2.29. The van der Waals surface area contributed by atoms with Crippen LogP contribution in [-0.2, 0) is 25.8 Å². The maximum atomic E-state index is 13.6. The molecule has 0 atom stereocenters. The highest BCUT2D eigenvalue weighted by atomic mass is 16.5. The number of para-hydroxylation sites is 1. The number of benzene rings is 3. The van der Waals surface area contributed by atoms with E-state index >= 15 is 0 Å². The van der Waals surface area contributed by atoms with E-state index in [1.807, 2.05) is 36.4 Å². The maximum Gasteiger partial charge on any atom is 0.261 e. The van der Waals surface area contributed by atoms with E-state index in [-0.39, 0.29) is 24.4 Å². The Kier molecular flexibility index (Phi) is 8.54. The van der Waals surface area contributed by atoms with Crippen molar-refractivity contribution in [2.24, 2.45) is 0 Å². The standard InChI is InChI=1S/C35H32N4O6/c1-43-30-10-7-24(21-31(30)44-2)13-18-38-32(37-29-6-4-3-5-27(29)34(38)41)14-19-39-33(40)26-9-8-25(22-28(26)35(39)42)45-20-15-23-11-16-36-17-12-23/h3-12,16-17,21-22H,13-15,18-20H2,1-2H3. The van der Waals surface area contributed by atoms with Gasteiger partial charge in [-0.05, 0) is 72.1 Å². The first-order valence-corrected chi connectivity index (χ1v) is 14.7. The number of amides is 2. The van der Waals surface area contributed by atoms with E-state index in [1.54, 1.807) is 67.6 Å². The van der Waals surface area contributed by atoms with Crippen molar-refractivity contribution >= 4 is 22.7 Å². The van der Waals surface area contributed by atoms with Gasteiger partial charge in [-0.3, -0.25) is 28.8 Å². The number of hydrogen-bond donors (Lipinski definition) is 0. The Balaban J connectivity index is 1.19. The van der Waals surface area contributed by atoms with E-state index in [9.17, 15) is 14.4 Å². The van der Waals surface area contributed by atoms with Crippen molar-refractivity contribution in [2.75, 3.05) is 27.4 Å². The van der Waals surface area contributed by atoms with Gasteiger partial charge >= 0.3 is 0 Å². The predicted octanol–water partition coefficient (Wildman–Crippen LogP) is 4.51. The Morgan fingerprint density at radius 1 is 0.711 bits per heavy atom. The molecule has 0 N–H and O–H groups in total. The van der Waals surface area contributed by atoms with Crippen molar-refractivity contribution in [3.63, 3.8) is 0 Å². The Morgan fingerprint density at radius 3 is 2.29 bits per heavy atom. The molecule has 228 valence electrons. The van der Waals surface area contributed by atoms with Gasteiger partial charge in [0.05, 0.1) is 42.9 Å². The molecule has 0 saturated carbocycles. The molecule has 0 bridgehead atoms. The molecule has 6 rings (SSSR count). The lowest BCUT2D eigenvalue weighted by Crippen LogP contribution is -2.34. The van der Waals surface area contributed by atoms with Crippen molar-refractivity contribution in [3.8, 4) is 17.2 Å². The molecule has 45 heavy (non-hydrogen) atoms. The number of nitrogens with zero attached hydrogens (tertiary/aromatic N) is 4. The molecule has 0 fully saturated rings. The van der Waals surface area contributed by atoms with Gasteiger partial charge in [-0.25, -0.2) is 4.98 Å². The van der Waals surface area contributed by atoms with E-state index in [0.29, 0.717) is 71.1 Å². The van der Waals surface area contributed by atoms with Crippen LogP contribution in [0.15, 0.2) is 90.0 Å². The van der Waals surface area contributed by atoms with Crippen LogP contribution >= 0.6 is 0 Å². The molecule has 1 aliphatic heterocycles. The lowest BCUT2D eigenvalue weighted by Gasteiger charge is -2.17. The Labute approximate surface area is 259 Å². The molecule has 0 saturated heterocycles. The number of aryl methyl sites for hydroxylation is 1. The summed E-state index contributed by atoms with van der Waals surface area (Å²) in [4.78, 5) is 50.3. The topological polar surface area (TPSA) is 113 Å². The van der Waals surface area contributed by atoms with Gasteiger partial charge in [0.25, 0.3) is 17.4 Å². The third-order valence-electron chi connectivity index (χ3n) is 7.92. The zero-order valence-electron chi connectivity index (χ0n) is 25.1. The minimum Gasteiger partial charge on any atom is -0.493 e. The van der Waals surface area contributed by atoms with E-state index in [1.165, 1.54) is 4.90 Å². The smallest absolute Gasteiger partial charge is 0.261 e. The number of ether oxygens (including phenoxy) is 3. The average Bonchev–Trinajstić information content (AvgIpc) is 3.31. The van der Waals surface area contributed by atoms with Gasteiger partial charge in [0.15, 0.2) is 11.5 Å². The first-order chi connectivity index (χ1) is 22.0. The second-order valence-corrected chi connectivity index (χ2v) is 10.6. The fraction of sp³-hybridized carbons (Fsp3) is 0.229. The third-order valence-corrected chi connectivity index (χ3v) is 7.92. The fourth-order valence-corrected chi connectivity index (χ4v) is 5.52. The number of aromatic nitrogens is 3. The lowest BCUT2D eigenvalue weighted by atomic mass is 10.1. The number of carbonyl (C=O) groups is 2. The summed E-state index contributed by atoms with van der Waals surface area (Å²) in [6, 6.07) is 21.6. The van der Waals surface area contributed by atoms with E-state index in [4.69, 9.17) is 19.2 Å². The van der Waals surface area contributed by atoms with Gasteiger partial charge in [0.2, 0.25) is 0 Å². The lowest BCUT2D eigenvalue weighted by molar-refractivity contribution is 0.0655. The molecule has 3 heterocycles. The fourth-order valence-electron chi connectivity index (χ4n) is 5.52. The highest BCUT2D eigenvalue weighted by molar-refractivity contribution is 6.21. The molecular weight excluding hydrogens is 572 g/mol. The minimum atomic E-state index is -0.394. The monoisotopic (exact) mass is 604 g/mol. The van der Waals surface area contributed by atoms with E-state index < -0.39 is 5.91 Å². The van der Waals surface area contributed by atoms with Gasteiger partial charge in [0.1, 0.15) is 11.6 Å². The molecule has 0 aliphatic carbocycles. The Hall–Kier alpha value is -5.51. The summed E-state index contributed by atoms with van der Waals surface area (Å²) < 4.78 is 18.3. The first kappa shape index (κ1) is 29.6. The molecule has 0 spiro atoms. The number of fused-ring (bicyclic) bond motifs is 2. The largest absolute Gasteiger partial charge is 0.493 e. The minimum absolute atomic E-state index is 0.0751. The maximum absolute atomic E-state index is 13.6. The van der Waals surface area contributed by atoms with Crippen LogP contribution in [0.25, 0.3) is 10.9 Å². The first-order valence-electron chi connectivity index (χ1n) is 14.7. The Bertz CT molecular complexity index is 1940. The summed E-state index contributed by atoms with van der Waals surface area (Å²) in [7, 11) is 3.16. The number of methoxy groups -OCH3 is 2. The molecule has 10 nitrogen and oxygen atoms in total. The van der Waals surface area contributed by atoms with Crippen molar-refractivity contribution in [1.29, 1.82) is 0 Å². The van der Waals surface area contributed by atoms with Gasteiger partial charge in [-0.1, -0.05) is 18.2 Å². The Morgan fingerprint density at radius 2 is 1.49 bits per heavy atom. The normalized spacial score (nSPS) is 12.4. The summed E-state index contributed by atoms with van der Waals surface area (Å²) in [5.74, 6) is 1.47. The molecule has 0 radical (unpaired) electrons. The number of carbonyl (C=O) groups excluding carboxylic acids is 2. The summed E-state index contributed by atoms with van der Waals surface area (Å²) in [6.45, 7) is 0.846. The molecule has 1 aliphatic rings. The van der Waals surface area contributed by atoms with Gasteiger partial charge < -0.3 is 14.2 Å². The zero-order valence-corrected chi connectivity index (χ0v) is 25.1. The van der Waals surface area contributed by atoms with Crippen LogP contribution in [-0.4, -0.2) is 58.6 Å². The third kappa shape index (κ3) is 6.12. The second-order valence-electron chi connectivity index (χ2n) is 10.6. The summed E-state index contributed by atoms with van der Waals surface area (Å²) in [5, 5.41) is 0.505. The van der Waals surface area contributed by atoms with Crippen molar-refractivity contribution < 1.29 is 23.8 Å². The number of hydrogen-bond acceptors (Lipinski definition) is 8. The van der Waals surface area contributed by atoms with Gasteiger partial charge in [-0.15, -0.1) is 0 Å². The van der Waals surface area contributed by atoms with Crippen molar-refractivity contribution in [1.82, 2.24) is 19.4 Å². The quantitative estimate of drug-likeness (QED) is 0.191. The zero-order chi connectivity index (χ0) is 31.3. The highest BCUT2D eigenvalue weighted by Gasteiger charge is 2.35. The van der Waals surface area contributed by atoms with Gasteiger partial charge in [-0.2, -0.15) is 0 Å². The van der Waals surface area contributed by atoms with Crippen molar-refractivity contribution in [2.45, 2.75) is 25.8 Å². The number of imide groups is 1. The molecule has 0 unspecified atom stereocenters. The SMILES string of the molecule is COc1ccc(CCn2c(CCN3C(=O)c4ccc(OCCc5ccncc5)cc4C3=O)nc3ccccc3c2=O)cc1OC.